The van der Waals surface area contributed by atoms with Crippen molar-refractivity contribution in [1.29, 1.82) is 0 Å². The number of carbonyl (C=O) groups excluding carboxylic acids is 2. The van der Waals surface area contributed by atoms with Crippen molar-refractivity contribution in [1.82, 2.24) is 19.5 Å². The average molecular weight is 365 g/mol. The lowest BCUT2D eigenvalue weighted by Gasteiger charge is -2.23. The SMILES string of the molecule is CC[C@H]1OC(n2cnc3c(=O)[nH]c(N)nc32)C(OC(C)=O)[C@@H]1OC(C)=O. The van der Waals surface area contributed by atoms with Gasteiger partial charge in [0.1, 0.15) is 6.10 Å². The van der Waals surface area contributed by atoms with Crippen molar-refractivity contribution in [2.45, 2.75) is 51.7 Å². The maximum Gasteiger partial charge on any atom is 0.303 e. The molecule has 0 saturated carbocycles. The van der Waals surface area contributed by atoms with Crippen molar-refractivity contribution < 1.29 is 23.8 Å². The summed E-state index contributed by atoms with van der Waals surface area (Å²) in [6.07, 6.45) is -1.27. The number of H-pyrrole nitrogens is 1. The Labute approximate surface area is 147 Å². The molecule has 3 heterocycles. The Kier molecular flexibility index (Phi) is 4.64. The molecule has 26 heavy (non-hydrogen) atoms. The van der Waals surface area contributed by atoms with Crippen LogP contribution in [0.5, 0.6) is 0 Å². The van der Waals surface area contributed by atoms with Crippen LogP contribution in [0.1, 0.15) is 33.4 Å². The van der Waals surface area contributed by atoms with E-state index in [4.69, 9.17) is 19.9 Å². The van der Waals surface area contributed by atoms with Crippen LogP contribution in [0.2, 0.25) is 0 Å². The first-order valence-electron chi connectivity index (χ1n) is 8.04. The molecule has 0 aliphatic carbocycles. The van der Waals surface area contributed by atoms with E-state index in [0.717, 1.165) is 0 Å². The molecule has 0 bridgehead atoms. The molecular formula is C15H19N5O6. The summed E-state index contributed by atoms with van der Waals surface area (Å²) in [6.45, 7) is 4.36. The summed E-state index contributed by atoms with van der Waals surface area (Å²) < 4.78 is 18.1. The highest BCUT2D eigenvalue weighted by Gasteiger charge is 2.49. The predicted molar refractivity (Wildman–Crippen MR) is 87.9 cm³/mol. The summed E-state index contributed by atoms with van der Waals surface area (Å²) in [5.41, 5.74) is 5.34. The maximum atomic E-state index is 12.0. The molecule has 0 spiro atoms. The van der Waals surface area contributed by atoms with E-state index in [-0.39, 0.29) is 17.1 Å². The Bertz CT molecular complexity index is 906. The van der Waals surface area contributed by atoms with Gasteiger partial charge in [0, 0.05) is 13.8 Å². The third kappa shape index (κ3) is 3.12. The molecular weight excluding hydrogens is 346 g/mol. The number of imidazole rings is 1. The van der Waals surface area contributed by atoms with Crippen LogP contribution in [0.15, 0.2) is 11.1 Å². The number of fused-ring (bicyclic) bond motifs is 1. The molecule has 3 N–H and O–H groups in total. The van der Waals surface area contributed by atoms with E-state index in [1.165, 1.54) is 24.7 Å². The first-order valence-corrected chi connectivity index (χ1v) is 8.04. The molecule has 3 rings (SSSR count). The molecule has 2 unspecified atom stereocenters. The number of rotatable bonds is 4. The number of nitrogen functional groups attached to an aromatic ring is 1. The number of ether oxygens (including phenoxy) is 3. The number of nitrogens with zero attached hydrogens (tertiary/aromatic N) is 3. The Morgan fingerprint density at radius 2 is 1.96 bits per heavy atom. The number of hydrogen-bond donors (Lipinski definition) is 2. The molecule has 1 aliphatic rings. The van der Waals surface area contributed by atoms with E-state index in [1.54, 1.807) is 0 Å². The van der Waals surface area contributed by atoms with Gasteiger partial charge in [-0.2, -0.15) is 4.98 Å². The summed E-state index contributed by atoms with van der Waals surface area (Å²) in [7, 11) is 0. The molecule has 11 heteroatoms. The fourth-order valence-electron chi connectivity index (χ4n) is 3.04. The third-order valence-electron chi connectivity index (χ3n) is 4.02. The van der Waals surface area contributed by atoms with Gasteiger partial charge in [0.05, 0.1) is 6.33 Å². The highest BCUT2D eigenvalue weighted by molar-refractivity contribution is 5.71. The molecule has 140 valence electrons. The quantitative estimate of drug-likeness (QED) is 0.706. The Morgan fingerprint density at radius 3 is 2.58 bits per heavy atom. The number of anilines is 1. The van der Waals surface area contributed by atoms with Crippen LogP contribution < -0.4 is 11.3 Å². The lowest BCUT2D eigenvalue weighted by molar-refractivity contribution is -0.165. The van der Waals surface area contributed by atoms with Crippen LogP contribution in [-0.2, 0) is 23.8 Å². The Balaban J connectivity index is 2.08. The van der Waals surface area contributed by atoms with E-state index >= 15 is 0 Å². The van der Waals surface area contributed by atoms with E-state index in [2.05, 4.69) is 15.0 Å². The normalized spacial score (nSPS) is 25.3. The number of aromatic nitrogens is 4. The van der Waals surface area contributed by atoms with Crippen molar-refractivity contribution in [3.8, 4) is 0 Å². The highest BCUT2D eigenvalue weighted by Crippen LogP contribution is 2.36. The second kappa shape index (κ2) is 6.75. The van der Waals surface area contributed by atoms with Gasteiger partial charge >= 0.3 is 11.9 Å². The van der Waals surface area contributed by atoms with Crippen molar-refractivity contribution in [3.05, 3.63) is 16.7 Å². The standard InChI is InChI=1S/C15H19N5O6/c1-4-8-10(24-6(2)21)11(25-7(3)22)14(26-8)20-5-17-9-12(20)18-15(16)19-13(9)23/h5,8,10-11,14H,4H2,1-3H3,(H3,16,18,19,23)/t8-,10-,11?,14?/m1/s1. The minimum Gasteiger partial charge on any atom is -0.456 e. The second-order valence-corrected chi connectivity index (χ2v) is 5.90. The lowest BCUT2D eigenvalue weighted by Crippen LogP contribution is -2.38. The Morgan fingerprint density at radius 1 is 1.31 bits per heavy atom. The largest absolute Gasteiger partial charge is 0.456 e. The molecule has 0 amide bonds. The molecule has 1 aliphatic heterocycles. The van der Waals surface area contributed by atoms with Gasteiger partial charge in [-0.1, -0.05) is 6.92 Å². The summed E-state index contributed by atoms with van der Waals surface area (Å²) in [6, 6.07) is 0. The number of hydrogen-bond acceptors (Lipinski definition) is 9. The highest BCUT2D eigenvalue weighted by atomic mass is 16.6. The van der Waals surface area contributed by atoms with E-state index in [1.807, 2.05) is 6.92 Å². The van der Waals surface area contributed by atoms with Crippen LogP contribution in [0.4, 0.5) is 5.95 Å². The van der Waals surface area contributed by atoms with Gasteiger partial charge in [-0.3, -0.25) is 23.9 Å². The second-order valence-electron chi connectivity index (χ2n) is 5.90. The zero-order valence-corrected chi connectivity index (χ0v) is 14.5. The summed E-state index contributed by atoms with van der Waals surface area (Å²) in [5.74, 6) is -1.17. The topological polar surface area (TPSA) is 151 Å². The van der Waals surface area contributed by atoms with Gasteiger partial charge in [0.15, 0.2) is 29.6 Å². The molecule has 0 radical (unpaired) electrons. The van der Waals surface area contributed by atoms with Crippen LogP contribution >= 0.6 is 0 Å². The van der Waals surface area contributed by atoms with E-state index < -0.39 is 42.0 Å². The maximum absolute atomic E-state index is 12.0. The fraction of sp³-hybridized carbons (Fsp3) is 0.533. The number of nitrogens with two attached hydrogens (primary N) is 1. The zero-order chi connectivity index (χ0) is 19.0. The van der Waals surface area contributed by atoms with Gasteiger partial charge in [-0.15, -0.1) is 0 Å². The number of aromatic amines is 1. The fourth-order valence-corrected chi connectivity index (χ4v) is 3.04. The molecule has 2 aromatic heterocycles. The van der Waals surface area contributed by atoms with Crippen molar-refractivity contribution >= 4 is 29.1 Å². The third-order valence-corrected chi connectivity index (χ3v) is 4.02. The van der Waals surface area contributed by atoms with E-state index in [0.29, 0.717) is 6.42 Å². The van der Waals surface area contributed by atoms with Gasteiger partial charge in [-0.25, -0.2) is 4.98 Å². The molecule has 4 atom stereocenters. The first kappa shape index (κ1) is 17.9. The van der Waals surface area contributed by atoms with Crippen LogP contribution in [0, 0.1) is 0 Å². The van der Waals surface area contributed by atoms with Crippen molar-refractivity contribution in [2.24, 2.45) is 0 Å². The number of carbonyl (C=O) groups is 2. The molecule has 0 aromatic carbocycles. The molecule has 1 saturated heterocycles. The van der Waals surface area contributed by atoms with Crippen LogP contribution in [0.3, 0.4) is 0 Å². The van der Waals surface area contributed by atoms with Gasteiger partial charge < -0.3 is 19.9 Å². The molecule has 1 fully saturated rings. The zero-order valence-electron chi connectivity index (χ0n) is 14.5. The van der Waals surface area contributed by atoms with Gasteiger partial charge in [-0.05, 0) is 6.42 Å². The van der Waals surface area contributed by atoms with Gasteiger partial charge in [0.25, 0.3) is 5.56 Å². The minimum absolute atomic E-state index is 0.0633. The molecule has 2 aromatic rings. The monoisotopic (exact) mass is 365 g/mol. The van der Waals surface area contributed by atoms with Crippen molar-refractivity contribution in [2.75, 3.05) is 5.73 Å². The average Bonchev–Trinajstić information content (AvgIpc) is 3.09. The molecule has 11 nitrogen and oxygen atoms in total. The van der Waals surface area contributed by atoms with Crippen LogP contribution in [0.25, 0.3) is 11.2 Å². The van der Waals surface area contributed by atoms with Gasteiger partial charge in [0.2, 0.25) is 5.95 Å². The summed E-state index contributed by atoms with van der Waals surface area (Å²) >= 11 is 0. The lowest BCUT2D eigenvalue weighted by atomic mass is 10.1. The first-order chi connectivity index (χ1) is 12.3. The summed E-state index contributed by atoms with van der Waals surface area (Å²) in [5, 5.41) is 0. The van der Waals surface area contributed by atoms with Crippen molar-refractivity contribution in [3.63, 3.8) is 0 Å². The Hall–Kier alpha value is -2.95. The van der Waals surface area contributed by atoms with E-state index in [9.17, 15) is 14.4 Å². The smallest absolute Gasteiger partial charge is 0.303 e. The number of nitrogens with one attached hydrogen (secondary N) is 1. The number of esters is 2. The summed E-state index contributed by atoms with van der Waals surface area (Å²) in [4.78, 5) is 45.5. The minimum atomic E-state index is -0.930. The predicted octanol–water partition coefficient (Wildman–Crippen LogP) is -0.127. The van der Waals surface area contributed by atoms with Crippen LogP contribution in [-0.4, -0.2) is 49.8 Å².